The second-order valence-electron chi connectivity index (χ2n) is 7.61. The number of anilines is 1. The minimum absolute atomic E-state index is 0.00492. The van der Waals surface area contributed by atoms with Gasteiger partial charge < -0.3 is 9.80 Å². The van der Waals surface area contributed by atoms with Gasteiger partial charge in [0.05, 0.1) is 11.4 Å². The smallest absolute Gasteiger partial charge is 0.272 e. The third-order valence-corrected chi connectivity index (χ3v) is 5.76. The highest BCUT2D eigenvalue weighted by Gasteiger charge is 2.25. The Bertz CT molecular complexity index is 1050. The molecule has 0 bridgehead atoms. The van der Waals surface area contributed by atoms with Crippen LogP contribution in [-0.4, -0.2) is 46.8 Å². The monoisotopic (exact) mass is 408 g/mol. The van der Waals surface area contributed by atoms with Gasteiger partial charge in [-0.25, -0.2) is 4.68 Å². The van der Waals surface area contributed by atoms with E-state index in [1.54, 1.807) is 4.68 Å². The van der Waals surface area contributed by atoms with Crippen LogP contribution < -0.4 is 4.90 Å². The number of carbonyl (C=O) groups excluding carboxylic acids is 1. The standard InChI is InChI=1S/C23H25ClN4O/c1-16-7-8-20(13-17(16)2)26-9-11-27(12-10-26)23(29)22-14-18(3)25-28(22)21-6-4-5-19(24)15-21/h4-8,13-15H,9-12H2,1-3H3. The maximum atomic E-state index is 13.2. The summed E-state index contributed by atoms with van der Waals surface area (Å²) in [5, 5.41) is 5.14. The molecule has 5 nitrogen and oxygen atoms in total. The Morgan fingerprint density at radius 3 is 2.34 bits per heavy atom. The molecule has 2 aromatic carbocycles. The Balaban J connectivity index is 1.51. The van der Waals surface area contributed by atoms with Crippen molar-refractivity contribution in [2.75, 3.05) is 31.1 Å². The lowest BCUT2D eigenvalue weighted by Crippen LogP contribution is -2.49. The number of halogens is 1. The number of benzene rings is 2. The average Bonchev–Trinajstić information content (AvgIpc) is 3.11. The van der Waals surface area contributed by atoms with Crippen LogP contribution in [0.4, 0.5) is 5.69 Å². The van der Waals surface area contributed by atoms with E-state index in [4.69, 9.17) is 11.6 Å². The van der Waals surface area contributed by atoms with Crippen LogP contribution in [0.3, 0.4) is 0 Å². The van der Waals surface area contributed by atoms with Gasteiger partial charge in [-0.3, -0.25) is 4.79 Å². The molecule has 0 atom stereocenters. The molecule has 0 aliphatic carbocycles. The Morgan fingerprint density at radius 1 is 0.897 bits per heavy atom. The van der Waals surface area contributed by atoms with E-state index in [1.165, 1.54) is 16.8 Å². The van der Waals surface area contributed by atoms with Gasteiger partial charge in [-0.15, -0.1) is 0 Å². The average molecular weight is 409 g/mol. The normalized spacial score (nSPS) is 14.3. The summed E-state index contributed by atoms with van der Waals surface area (Å²) in [5.74, 6) is 0.00492. The molecule has 0 saturated carbocycles. The quantitative estimate of drug-likeness (QED) is 0.644. The van der Waals surface area contributed by atoms with Gasteiger partial charge in [0.25, 0.3) is 5.91 Å². The first kappa shape index (κ1) is 19.5. The van der Waals surface area contributed by atoms with Crippen LogP contribution in [0, 0.1) is 20.8 Å². The summed E-state index contributed by atoms with van der Waals surface area (Å²) in [4.78, 5) is 17.5. The van der Waals surface area contributed by atoms with Gasteiger partial charge in [0.1, 0.15) is 5.69 Å². The lowest BCUT2D eigenvalue weighted by molar-refractivity contribution is 0.0737. The van der Waals surface area contributed by atoms with Crippen LogP contribution in [0.15, 0.2) is 48.5 Å². The Morgan fingerprint density at radius 2 is 1.66 bits per heavy atom. The van der Waals surface area contributed by atoms with Crippen LogP contribution in [0.25, 0.3) is 5.69 Å². The predicted octanol–water partition coefficient (Wildman–Crippen LogP) is 4.41. The fourth-order valence-electron chi connectivity index (χ4n) is 3.71. The van der Waals surface area contributed by atoms with Crippen molar-refractivity contribution >= 4 is 23.2 Å². The Hall–Kier alpha value is -2.79. The van der Waals surface area contributed by atoms with E-state index in [2.05, 4.69) is 42.0 Å². The van der Waals surface area contributed by atoms with Gasteiger partial charge in [0, 0.05) is 36.9 Å². The lowest BCUT2D eigenvalue weighted by Gasteiger charge is -2.36. The van der Waals surface area contributed by atoms with E-state index in [-0.39, 0.29) is 5.91 Å². The number of hydrogen-bond acceptors (Lipinski definition) is 3. The molecule has 3 aromatic rings. The molecule has 0 radical (unpaired) electrons. The second-order valence-corrected chi connectivity index (χ2v) is 8.05. The highest BCUT2D eigenvalue weighted by Crippen LogP contribution is 2.22. The number of rotatable bonds is 3. The molecule has 6 heteroatoms. The molecule has 0 N–H and O–H groups in total. The number of carbonyl (C=O) groups is 1. The maximum Gasteiger partial charge on any atom is 0.272 e. The molecule has 1 aliphatic heterocycles. The van der Waals surface area contributed by atoms with Crippen molar-refractivity contribution in [2.24, 2.45) is 0 Å². The van der Waals surface area contributed by atoms with Gasteiger partial charge in [-0.2, -0.15) is 5.10 Å². The summed E-state index contributed by atoms with van der Waals surface area (Å²) < 4.78 is 1.69. The zero-order valence-electron chi connectivity index (χ0n) is 17.0. The molecule has 1 saturated heterocycles. The van der Waals surface area contributed by atoms with Crippen molar-refractivity contribution in [2.45, 2.75) is 20.8 Å². The predicted molar refractivity (Wildman–Crippen MR) is 117 cm³/mol. The summed E-state index contributed by atoms with van der Waals surface area (Å²) in [5.41, 5.74) is 5.99. The second kappa shape index (κ2) is 7.91. The molecule has 4 rings (SSSR count). The molecule has 150 valence electrons. The van der Waals surface area contributed by atoms with Gasteiger partial charge in [-0.1, -0.05) is 23.7 Å². The van der Waals surface area contributed by atoms with Gasteiger partial charge in [0.15, 0.2) is 0 Å². The molecule has 0 spiro atoms. The van der Waals surface area contributed by atoms with Crippen molar-refractivity contribution in [1.29, 1.82) is 0 Å². The zero-order chi connectivity index (χ0) is 20.5. The molecule has 1 aromatic heterocycles. The highest BCUT2D eigenvalue weighted by atomic mass is 35.5. The Labute approximate surface area is 176 Å². The van der Waals surface area contributed by atoms with Gasteiger partial charge in [-0.05, 0) is 68.3 Å². The first-order valence-electron chi connectivity index (χ1n) is 9.86. The van der Waals surface area contributed by atoms with Gasteiger partial charge >= 0.3 is 0 Å². The number of aryl methyl sites for hydroxylation is 3. The molecular formula is C23H25ClN4O. The van der Waals surface area contributed by atoms with E-state index >= 15 is 0 Å². The van der Waals surface area contributed by atoms with E-state index in [9.17, 15) is 4.79 Å². The summed E-state index contributed by atoms with van der Waals surface area (Å²) in [6, 6.07) is 15.8. The molecule has 1 amide bonds. The number of aromatic nitrogens is 2. The zero-order valence-corrected chi connectivity index (χ0v) is 17.8. The van der Waals surface area contributed by atoms with Crippen LogP contribution in [0.5, 0.6) is 0 Å². The molecule has 0 unspecified atom stereocenters. The van der Waals surface area contributed by atoms with Crippen molar-refractivity contribution < 1.29 is 4.79 Å². The van der Waals surface area contributed by atoms with Crippen molar-refractivity contribution in [1.82, 2.24) is 14.7 Å². The van der Waals surface area contributed by atoms with E-state index < -0.39 is 0 Å². The molecule has 1 aliphatic rings. The van der Waals surface area contributed by atoms with E-state index in [0.29, 0.717) is 23.8 Å². The Kier molecular flexibility index (Phi) is 5.33. The van der Waals surface area contributed by atoms with Crippen LogP contribution >= 0.6 is 11.6 Å². The maximum absolute atomic E-state index is 13.2. The topological polar surface area (TPSA) is 41.4 Å². The summed E-state index contributed by atoms with van der Waals surface area (Å²) >= 11 is 6.14. The minimum atomic E-state index is 0.00492. The number of nitrogens with zero attached hydrogens (tertiary/aromatic N) is 4. The molecule has 29 heavy (non-hydrogen) atoms. The van der Waals surface area contributed by atoms with Crippen molar-refractivity contribution in [3.63, 3.8) is 0 Å². The molecular weight excluding hydrogens is 384 g/mol. The lowest BCUT2D eigenvalue weighted by atomic mass is 10.1. The summed E-state index contributed by atoms with van der Waals surface area (Å²) in [6.45, 7) is 9.17. The molecule has 2 heterocycles. The first-order valence-corrected chi connectivity index (χ1v) is 10.2. The van der Waals surface area contributed by atoms with Crippen LogP contribution in [0.1, 0.15) is 27.3 Å². The number of hydrogen-bond donors (Lipinski definition) is 0. The number of piperazine rings is 1. The SMILES string of the molecule is Cc1cc(C(=O)N2CCN(c3ccc(C)c(C)c3)CC2)n(-c2cccc(Cl)c2)n1. The summed E-state index contributed by atoms with van der Waals surface area (Å²) in [6.07, 6.45) is 0. The number of amides is 1. The first-order chi connectivity index (χ1) is 13.9. The molecule has 1 fully saturated rings. The third-order valence-electron chi connectivity index (χ3n) is 5.53. The van der Waals surface area contributed by atoms with Crippen molar-refractivity contribution in [3.8, 4) is 5.69 Å². The third kappa shape index (κ3) is 4.01. The van der Waals surface area contributed by atoms with Crippen molar-refractivity contribution in [3.05, 3.63) is 76.1 Å². The van der Waals surface area contributed by atoms with E-state index in [0.717, 1.165) is 24.5 Å². The van der Waals surface area contributed by atoms with E-state index in [1.807, 2.05) is 42.2 Å². The van der Waals surface area contributed by atoms with Gasteiger partial charge in [0.2, 0.25) is 0 Å². The fourth-order valence-corrected chi connectivity index (χ4v) is 3.89. The summed E-state index contributed by atoms with van der Waals surface area (Å²) in [7, 11) is 0. The highest BCUT2D eigenvalue weighted by molar-refractivity contribution is 6.30. The fraction of sp³-hybridized carbons (Fsp3) is 0.304. The van der Waals surface area contributed by atoms with Crippen LogP contribution in [-0.2, 0) is 0 Å². The van der Waals surface area contributed by atoms with Crippen LogP contribution in [0.2, 0.25) is 5.02 Å². The largest absolute Gasteiger partial charge is 0.368 e. The minimum Gasteiger partial charge on any atom is -0.368 e.